The molecule has 8 heteroatoms. The van der Waals surface area contributed by atoms with Crippen LogP contribution in [0.5, 0.6) is 0 Å². The van der Waals surface area contributed by atoms with Gasteiger partial charge in [0.05, 0.1) is 5.69 Å². The lowest BCUT2D eigenvalue weighted by atomic mass is 10.2. The zero-order valence-corrected chi connectivity index (χ0v) is 14.7. The van der Waals surface area contributed by atoms with Gasteiger partial charge in [0.15, 0.2) is 0 Å². The summed E-state index contributed by atoms with van der Waals surface area (Å²) in [7, 11) is 0. The third kappa shape index (κ3) is 4.65. The van der Waals surface area contributed by atoms with Crippen LogP contribution >= 0.6 is 15.9 Å². The van der Waals surface area contributed by atoms with Crippen molar-refractivity contribution in [2.45, 2.75) is 38.8 Å². The third-order valence-corrected chi connectivity index (χ3v) is 3.65. The summed E-state index contributed by atoms with van der Waals surface area (Å²) in [5.74, 6) is -0.782. The van der Waals surface area contributed by atoms with E-state index >= 15 is 0 Å². The first-order valence-corrected chi connectivity index (χ1v) is 7.97. The number of hydrogen-bond acceptors (Lipinski definition) is 4. The van der Waals surface area contributed by atoms with Crippen LogP contribution in [0, 0.1) is 5.82 Å². The van der Waals surface area contributed by atoms with Crippen molar-refractivity contribution in [1.82, 2.24) is 10.9 Å². The third-order valence-electron chi connectivity index (χ3n) is 3.15. The van der Waals surface area contributed by atoms with Gasteiger partial charge in [-0.05, 0) is 45.4 Å². The van der Waals surface area contributed by atoms with Gasteiger partial charge in [0, 0.05) is 11.0 Å². The van der Waals surface area contributed by atoms with E-state index in [4.69, 9.17) is 4.74 Å². The average Bonchev–Trinajstić information content (AvgIpc) is 2.76. The SMILES string of the molecule is CC(C)(C)OC(=O)NN[C@H]1CCN(c2ccc(Br)cc2F)C1=O. The number of anilines is 1. The fourth-order valence-corrected chi connectivity index (χ4v) is 2.54. The second-order valence-corrected chi connectivity index (χ2v) is 7.11. The number of hydrazine groups is 1. The summed E-state index contributed by atoms with van der Waals surface area (Å²) in [5, 5.41) is 0. The molecule has 23 heavy (non-hydrogen) atoms. The van der Waals surface area contributed by atoms with Crippen molar-refractivity contribution >= 4 is 33.6 Å². The van der Waals surface area contributed by atoms with Crippen LogP contribution in [0.15, 0.2) is 22.7 Å². The number of nitrogens with zero attached hydrogens (tertiary/aromatic N) is 1. The molecule has 0 saturated carbocycles. The molecule has 1 aliphatic rings. The molecule has 2 amide bonds. The van der Waals surface area contributed by atoms with Gasteiger partial charge in [0.2, 0.25) is 5.91 Å². The number of hydrogen-bond donors (Lipinski definition) is 2. The van der Waals surface area contributed by atoms with Crippen molar-refractivity contribution < 1.29 is 18.7 Å². The molecule has 1 heterocycles. The van der Waals surface area contributed by atoms with Gasteiger partial charge < -0.3 is 9.64 Å². The van der Waals surface area contributed by atoms with Crippen LogP contribution in [-0.2, 0) is 9.53 Å². The van der Waals surface area contributed by atoms with Gasteiger partial charge in [-0.3, -0.25) is 10.2 Å². The van der Waals surface area contributed by atoms with Gasteiger partial charge in [-0.15, -0.1) is 0 Å². The van der Waals surface area contributed by atoms with E-state index in [1.54, 1.807) is 32.9 Å². The van der Waals surface area contributed by atoms with E-state index in [0.29, 0.717) is 17.4 Å². The molecule has 0 unspecified atom stereocenters. The molecule has 126 valence electrons. The smallest absolute Gasteiger partial charge is 0.422 e. The Kier molecular flexibility index (Phi) is 5.26. The summed E-state index contributed by atoms with van der Waals surface area (Å²) in [5.41, 5.74) is 4.58. The van der Waals surface area contributed by atoms with Gasteiger partial charge in [-0.1, -0.05) is 15.9 Å². The van der Waals surface area contributed by atoms with E-state index in [0.717, 1.165) is 0 Å². The van der Waals surface area contributed by atoms with Crippen molar-refractivity contribution in [2.75, 3.05) is 11.4 Å². The van der Waals surface area contributed by atoms with E-state index in [-0.39, 0.29) is 11.6 Å². The Labute approximate surface area is 142 Å². The highest BCUT2D eigenvalue weighted by Gasteiger charge is 2.34. The molecule has 1 aliphatic heterocycles. The maximum atomic E-state index is 14.0. The highest BCUT2D eigenvalue weighted by atomic mass is 79.9. The van der Waals surface area contributed by atoms with Crippen LogP contribution in [0.25, 0.3) is 0 Å². The Bertz CT molecular complexity index is 618. The van der Waals surface area contributed by atoms with Crippen LogP contribution in [0.4, 0.5) is 14.9 Å². The summed E-state index contributed by atoms with van der Waals surface area (Å²) < 4.78 is 19.6. The summed E-state index contributed by atoms with van der Waals surface area (Å²) in [6.45, 7) is 5.59. The molecular formula is C15H19BrFN3O3. The molecule has 1 fully saturated rings. The molecule has 0 bridgehead atoms. The average molecular weight is 388 g/mol. The van der Waals surface area contributed by atoms with E-state index in [1.165, 1.54) is 11.0 Å². The van der Waals surface area contributed by atoms with Crippen molar-refractivity contribution in [2.24, 2.45) is 0 Å². The Balaban J connectivity index is 1.95. The Morgan fingerprint density at radius 2 is 2.13 bits per heavy atom. The normalized spacial score (nSPS) is 18.2. The van der Waals surface area contributed by atoms with Crippen molar-refractivity contribution in [3.05, 3.63) is 28.5 Å². The molecular weight excluding hydrogens is 369 g/mol. The molecule has 1 aromatic rings. The zero-order valence-electron chi connectivity index (χ0n) is 13.2. The number of carbonyl (C=O) groups is 2. The van der Waals surface area contributed by atoms with Gasteiger partial charge in [-0.2, -0.15) is 0 Å². The number of nitrogens with one attached hydrogen (secondary N) is 2. The predicted molar refractivity (Wildman–Crippen MR) is 87.4 cm³/mol. The number of halogens is 2. The van der Waals surface area contributed by atoms with Crippen molar-refractivity contribution in [1.29, 1.82) is 0 Å². The summed E-state index contributed by atoms with van der Waals surface area (Å²) >= 11 is 3.18. The highest BCUT2D eigenvalue weighted by molar-refractivity contribution is 9.10. The number of ether oxygens (including phenoxy) is 1. The van der Waals surface area contributed by atoms with E-state index in [1.807, 2.05) is 0 Å². The van der Waals surface area contributed by atoms with E-state index in [2.05, 4.69) is 26.8 Å². The van der Waals surface area contributed by atoms with Crippen molar-refractivity contribution in [3.63, 3.8) is 0 Å². The zero-order chi connectivity index (χ0) is 17.2. The molecule has 2 rings (SSSR count). The Morgan fingerprint density at radius 3 is 2.74 bits per heavy atom. The van der Waals surface area contributed by atoms with E-state index < -0.39 is 23.6 Å². The van der Waals surface area contributed by atoms with Gasteiger partial charge >= 0.3 is 6.09 Å². The van der Waals surface area contributed by atoms with Gasteiger partial charge in [-0.25, -0.2) is 14.6 Å². The fourth-order valence-electron chi connectivity index (χ4n) is 2.20. The molecule has 0 spiro atoms. The second kappa shape index (κ2) is 6.84. The van der Waals surface area contributed by atoms with Crippen molar-refractivity contribution in [3.8, 4) is 0 Å². The Hall–Kier alpha value is -1.67. The molecule has 6 nitrogen and oxygen atoms in total. The number of rotatable bonds is 3. The summed E-state index contributed by atoms with van der Waals surface area (Å²) in [4.78, 5) is 25.3. The lowest BCUT2D eigenvalue weighted by molar-refractivity contribution is -0.119. The highest BCUT2D eigenvalue weighted by Crippen LogP contribution is 2.27. The monoisotopic (exact) mass is 387 g/mol. The molecule has 0 radical (unpaired) electrons. The van der Waals surface area contributed by atoms with Crippen LogP contribution in [0.2, 0.25) is 0 Å². The summed E-state index contributed by atoms with van der Waals surface area (Å²) in [6, 6.07) is 3.90. The number of benzene rings is 1. The minimum absolute atomic E-state index is 0.222. The van der Waals surface area contributed by atoms with E-state index in [9.17, 15) is 14.0 Å². The molecule has 0 aliphatic carbocycles. The predicted octanol–water partition coefficient (Wildman–Crippen LogP) is 2.72. The quantitative estimate of drug-likeness (QED) is 0.782. The maximum absolute atomic E-state index is 14.0. The number of carbonyl (C=O) groups excluding carboxylic acids is 2. The van der Waals surface area contributed by atoms with Gasteiger partial charge in [0.1, 0.15) is 17.5 Å². The largest absolute Gasteiger partial charge is 0.443 e. The lowest BCUT2D eigenvalue weighted by Crippen LogP contribution is -2.49. The first-order chi connectivity index (χ1) is 10.7. The topological polar surface area (TPSA) is 70.7 Å². The Morgan fingerprint density at radius 1 is 1.43 bits per heavy atom. The lowest BCUT2D eigenvalue weighted by Gasteiger charge is -2.21. The minimum atomic E-state index is -0.668. The molecule has 1 atom stereocenters. The minimum Gasteiger partial charge on any atom is -0.443 e. The van der Waals surface area contributed by atoms with Gasteiger partial charge in [0.25, 0.3) is 0 Å². The van der Waals surface area contributed by atoms with Crippen LogP contribution in [-0.4, -0.2) is 30.2 Å². The standard InChI is InChI=1S/C15H19BrFN3O3/c1-15(2,3)23-14(22)19-18-11-6-7-20(13(11)21)12-5-4-9(16)8-10(12)17/h4-5,8,11,18H,6-7H2,1-3H3,(H,19,22)/t11-/m0/s1. The first kappa shape index (κ1) is 17.7. The summed E-state index contributed by atoms with van der Waals surface area (Å²) in [6.07, 6.45) is -0.219. The molecule has 1 saturated heterocycles. The van der Waals surface area contributed by atoms with Crippen LogP contribution < -0.4 is 15.8 Å². The number of amides is 2. The van der Waals surface area contributed by atoms with Crippen LogP contribution in [0.3, 0.4) is 0 Å². The first-order valence-electron chi connectivity index (χ1n) is 7.18. The fraction of sp³-hybridized carbons (Fsp3) is 0.467. The molecule has 1 aromatic carbocycles. The second-order valence-electron chi connectivity index (χ2n) is 6.20. The molecule has 0 aromatic heterocycles. The van der Waals surface area contributed by atoms with Crippen LogP contribution in [0.1, 0.15) is 27.2 Å². The maximum Gasteiger partial charge on any atom is 0.422 e. The molecule has 2 N–H and O–H groups in total.